The molecule has 5 atom stereocenters. The van der Waals surface area contributed by atoms with Gasteiger partial charge in [-0.2, -0.15) is 0 Å². The van der Waals surface area contributed by atoms with Gasteiger partial charge in [0.2, 0.25) is 11.8 Å². The van der Waals surface area contributed by atoms with E-state index in [9.17, 15) is 19.2 Å². The molecule has 3 amide bonds. The fraction of sp³-hybridized carbons (Fsp3) is 0.290. The minimum atomic E-state index is -0.681. The Morgan fingerprint density at radius 3 is 2.41 bits per heavy atom. The van der Waals surface area contributed by atoms with Gasteiger partial charge in [-0.05, 0) is 85.0 Å². The van der Waals surface area contributed by atoms with Crippen LogP contribution in [0.15, 0.2) is 72.8 Å². The maximum absolute atomic E-state index is 13.5. The first-order chi connectivity index (χ1) is 18.8. The fourth-order valence-corrected chi connectivity index (χ4v) is 6.85. The SMILES string of the molecule is Cc1ccc(Cl)cc1NC(=O)COC(=O)c1ccc(N2C(=O)[C@@H]3[C@@H]4C[C@@H]([C@H]3C2=O)[C@H](c2ccccc2)C4)cc1. The smallest absolute Gasteiger partial charge is 0.338 e. The highest BCUT2D eigenvalue weighted by Gasteiger charge is 2.64. The van der Waals surface area contributed by atoms with Gasteiger partial charge in [0.1, 0.15) is 0 Å². The molecule has 0 radical (unpaired) electrons. The van der Waals surface area contributed by atoms with Crippen LogP contribution in [0.1, 0.15) is 40.2 Å². The quantitative estimate of drug-likeness (QED) is 0.334. The molecular weight excluding hydrogens is 516 g/mol. The van der Waals surface area contributed by atoms with E-state index in [1.165, 1.54) is 22.6 Å². The molecule has 0 aromatic heterocycles. The highest BCUT2D eigenvalue weighted by Crippen LogP contribution is 2.61. The summed E-state index contributed by atoms with van der Waals surface area (Å²) in [6.45, 7) is 1.36. The third-order valence-corrected chi connectivity index (χ3v) is 8.65. The number of anilines is 2. The van der Waals surface area contributed by atoms with E-state index in [0.717, 1.165) is 18.4 Å². The molecule has 2 saturated carbocycles. The van der Waals surface area contributed by atoms with Gasteiger partial charge in [-0.1, -0.05) is 48.0 Å². The van der Waals surface area contributed by atoms with Crippen molar-refractivity contribution in [3.63, 3.8) is 0 Å². The van der Waals surface area contributed by atoms with Crippen molar-refractivity contribution in [1.29, 1.82) is 0 Å². The van der Waals surface area contributed by atoms with Crippen molar-refractivity contribution in [2.75, 3.05) is 16.8 Å². The van der Waals surface area contributed by atoms with Crippen LogP contribution in [0.4, 0.5) is 11.4 Å². The Balaban J connectivity index is 1.10. The van der Waals surface area contributed by atoms with Gasteiger partial charge >= 0.3 is 5.97 Å². The number of rotatable bonds is 6. The van der Waals surface area contributed by atoms with Crippen LogP contribution in [0.5, 0.6) is 0 Å². The summed E-state index contributed by atoms with van der Waals surface area (Å²) in [4.78, 5) is 53.0. The molecule has 1 heterocycles. The zero-order chi connectivity index (χ0) is 27.3. The van der Waals surface area contributed by atoms with Crippen LogP contribution in [0.3, 0.4) is 0 Å². The highest BCUT2D eigenvalue weighted by atomic mass is 35.5. The molecule has 6 rings (SSSR count). The Bertz CT molecular complexity index is 1470. The molecule has 1 N–H and O–H groups in total. The van der Waals surface area contributed by atoms with Crippen LogP contribution in [0.25, 0.3) is 0 Å². The van der Waals surface area contributed by atoms with E-state index >= 15 is 0 Å². The normalized spacial score (nSPS) is 25.1. The van der Waals surface area contributed by atoms with E-state index in [-0.39, 0.29) is 41.0 Å². The maximum atomic E-state index is 13.5. The van der Waals surface area contributed by atoms with Crippen LogP contribution >= 0.6 is 11.6 Å². The minimum absolute atomic E-state index is 0.146. The van der Waals surface area contributed by atoms with E-state index in [1.54, 1.807) is 30.3 Å². The van der Waals surface area contributed by atoms with Gasteiger partial charge in [-0.3, -0.25) is 19.3 Å². The Labute approximate surface area is 231 Å². The summed E-state index contributed by atoms with van der Waals surface area (Å²) >= 11 is 5.98. The van der Waals surface area contributed by atoms with Crippen LogP contribution in [-0.2, 0) is 19.1 Å². The van der Waals surface area contributed by atoms with Crippen LogP contribution < -0.4 is 10.2 Å². The summed E-state index contributed by atoms with van der Waals surface area (Å²) in [6, 6.07) is 21.5. The van der Waals surface area contributed by atoms with Crippen LogP contribution in [0.2, 0.25) is 5.02 Å². The summed E-state index contributed by atoms with van der Waals surface area (Å²) in [5.41, 5.74) is 3.27. The number of carbonyl (C=O) groups is 4. The summed E-state index contributed by atoms with van der Waals surface area (Å²) < 4.78 is 5.16. The average Bonchev–Trinajstić information content (AvgIpc) is 3.61. The topological polar surface area (TPSA) is 92.8 Å². The molecule has 1 aliphatic heterocycles. The number of hydrogen-bond acceptors (Lipinski definition) is 5. The van der Waals surface area contributed by atoms with Gasteiger partial charge in [0.15, 0.2) is 6.61 Å². The molecule has 198 valence electrons. The molecule has 7 nitrogen and oxygen atoms in total. The number of esters is 1. The van der Waals surface area contributed by atoms with Crippen LogP contribution in [0, 0.1) is 30.6 Å². The number of nitrogens with one attached hydrogen (secondary N) is 1. The van der Waals surface area contributed by atoms with Gasteiger partial charge in [0.05, 0.1) is 23.1 Å². The number of fused-ring (bicyclic) bond motifs is 5. The molecule has 2 bridgehead atoms. The molecule has 39 heavy (non-hydrogen) atoms. The number of imide groups is 1. The molecule has 1 saturated heterocycles. The number of carbonyl (C=O) groups excluding carboxylic acids is 4. The molecule has 3 aromatic carbocycles. The monoisotopic (exact) mass is 542 g/mol. The minimum Gasteiger partial charge on any atom is -0.452 e. The van der Waals surface area contributed by atoms with Gasteiger partial charge in [-0.15, -0.1) is 0 Å². The van der Waals surface area contributed by atoms with Crippen molar-refractivity contribution < 1.29 is 23.9 Å². The molecule has 3 fully saturated rings. The standard InChI is InChI=1S/C31H27ClN2O5/c1-17-7-10-21(32)15-25(17)33-26(35)16-39-31(38)19-8-11-22(12-9-19)34-29(36)27-20-13-23(18-5-3-2-4-6-18)24(14-20)28(27)30(34)37/h2-12,15,20,23-24,27-28H,13-14,16H2,1H3,(H,33,35)/t20-,23-,24+,27+,28+/m0/s1. The summed E-state index contributed by atoms with van der Waals surface area (Å²) in [5.74, 6) is -1.36. The van der Waals surface area contributed by atoms with Crippen molar-refractivity contribution in [3.8, 4) is 0 Å². The van der Waals surface area contributed by atoms with Crippen molar-refractivity contribution >= 4 is 46.7 Å². The molecular formula is C31H27ClN2O5. The summed E-state index contributed by atoms with van der Waals surface area (Å²) in [7, 11) is 0. The van der Waals surface area contributed by atoms with Crippen LogP contribution in [-0.4, -0.2) is 30.3 Å². The Morgan fingerprint density at radius 1 is 0.949 bits per heavy atom. The number of nitrogens with zero attached hydrogens (tertiary/aromatic N) is 1. The molecule has 2 aliphatic carbocycles. The first-order valence-corrected chi connectivity index (χ1v) is 13.5. The molecule has 3 aliphatic rings. The second kappa shape index (κ2) is 9.97. The molecule has 0 unspecified atom stereocenters. The predicted molar refractivity (Wildman–Crippen MR) is 146 cm³/mol. The first-order valence-electron chi connectivity index (χ1n) is 13.1. The van der Waals surface area contributed by atoms with E-state index < -0.39 is 18.5 Å². The number of halogens is 1. The van der Waals surface area contributed by atoms with E-state index in [0.29, 0.717) is 22.3 Å². The number of aryl methyl sites for hydroxylation is 1. The lowest BCUT2D eigenvalue weighted by Crippen LogP contribution is -2.33. The Kier molecular flexibility index (Phi) is 6.47. The van der Waals surface area contributed by atoms with Crippen molar-refractivity contribution in [2.24, 2.45) is 23.7 Å². The zero-order valence-corrected chi connectivity index (χ0v) is 22.1. The lowest BCUT2D eigenvalue weighted by atomic mass is 9.73. The largest absolute Gasteiger partial charge is 0.452 e. The molecule has 8 heteroatoms. The van der Waals surface area contributed by atoms with Gasteiger partial charge < -0.3 is 10.1 Å². The number of benzene rings is 3. The van der Waals surface area contributed by atoms with Gasteiger partial charge in [0, 0.05) is 10.7 Å². The maximum Gasteiger partial charge on any atom is 0.338 e. The summed E-state index contributed by atoms with van der Waals surface area (Å²) in [5, 5.41) is 3.16. The number of hydrogen-bond donors (Lipinski definition) is 1. The second-order valence-electron chi connectivity index (χ2n) is 10.6. The van der Waals surface area contributed by atoms with Crippen molar-refractivity contribution in [3.05, 3.63) is 94.5 Å². The number of ether oxygens (including phenoxy) is 1. The first kappa shape index (κ1) is 25.3. The van der Waals surface area contributed by atoms with E-state index in [4.69, 9.17) is 16.3 Å². The Morgan fingerprint density at radius 2 is 1.67 bits per heavy atom. The molecule has 3 aromatic rings. The van der Waals surface area contributed by atoms with Crippen molar-refractivity contribution in [2.45, 2.75) is 25.7 Å². The van der Waals surface area contributed by atoms with Gasteiger partial charge in [-0.25, -0.2) is 4.79 Å². The fourth-order valence-electron chi connectivity index (χ4n) is 6.67. The Hall–Kier alpha value is -3.97. The van der Waals surface area contributed by atoms with Crippen molar-refractivity contribution in [1.82, 2.24) is 0 Å². The third kappa shape index (κ3) is 4.51. The highest BCUT2D eigenvalue weighted by molar-refractivity contribution is 6.31. The molecule has 0 spiro atoms. The second-order valence-corrected chi connectivity index (χ2v) is 11.0. The average molecular weight is 543 g/mol. The summed E-state index contributed by atoms with van der Waals surface area (Å²) in [6.07, 6.45) is 1.84. The van der Waals surface area contributed by atoms with E-state index in [2.05, 4.69) is 17.4 Å². The van der Waals surface area contributed by atoms with Gasteiger partial charge in [0.25, 0.3) is 5.91 Å². The number of amides is 3. The van der Waals surface area contributed by atoms with E-state index in [1.807, 2.05) is 25.1 Å². The third-order valence-electron chi connectivity index (χ3n) is 8.41. The predicted octanol–water partition coefficient (Wildman–Crippen LogP) is 5.37. The zero-order valence-electron chi connectivity index (χ0n) is 21.3. The lowest BCUT2D eigenvalue weighted by Gasteiger charge is -2.28. The lowest BCUT2D eigenvalue weighted by molar-refractivity contribution is -0.123.